The van der Waals surface area contributed by atoms with E-state index in [2.05, 4.69) is 50.0 Å². The van der Waals surface area contributed by atoms with Crippen molar-refractivity contribution in [2.24, 2.45) is 0 Å². The maximum absolute atomic E-state index is 8.93. The van der Waals surface area contributed by atoms with Gasteiger partial charge < -0.3 is 5.11 Å². The van der Waals surface area contributed by atoms with Crippen LogP contribution >= 0.6 is 0 Å². The molecule has 0 aliphatic carbocycles. The molecule has 1 N–H and O–H groups in total. The normalized spacial score (nSPS) is 13.5. The molecule has 0 fully saturated rings. The highest BCUT2D eigenvalue weighted by atomic mass is 16.3. The van der Waals surface area contributed by atoms with E-state index in [4.69, 9.17) is 5.11 Å². The van der Waals surface area contributed by atoms with Gasteiger partial charge in [0, 0.05) is 38.0 Å². The van der Waals surface area contributed by atoms with Crippen molar-refractivity contribution in [3.05, 3.63) is 18.0 Å². The summed E-state index contributed by atoms with van der Waals surface area (Å²) in [6.45, 7) is 10.8. The molecular weight excluding hydrogens is 226 g/mol. The Bertz CT molecular complexity index is 336. The molecule has 1 aromatic rings. The number of aliphatic hydroxyl groups excluding tert-OH is 1. The topological polar surface area (TPSA) is 41.3 Å². The fraction of sp³-hybridized carbons (Fsp3) is 0.786. The maximum Gasteiger partial charge on any atom is 0.0764 e. The van der Waals surface area contributed by atoms with Crippen LogP contribution in [0.4, 0.5) is 0 Å². The average molecular weight is 253 g/mol. The van der Waals surface area contributed by atoms with Crippen LogP contribution in [0.25, 0.3) is 0 Å². The summed E-state index contributed by atoms with van der Waals surface area (Å²) in [6.07, 6.45) is 3.98. The monoisotopic (exact) mass is 253 g/mol. The molecule has 0 aromatic carbocycles. The van der Waals surface area contributed by atoms with Gasteiger partial charge >= 0.3 is 0 Å². The minimum absolute atomic E-state index is 0.254. The molecule has 1 unspecified atom stereocenters. The second-order valence-electron chi connectivity index (χ2n) is 5.19. The molecule has 18 heavy (non-hydrogen) atoms. The number of hydrogen-bond donors (Lipinski definition) is 1. The zero-order chi connectivity index (χ0) is 13.5. The molecule has 4 heteroatoms. The van der Waals surface area contributed by atoms with Crippen molar-refractivity contribution in [3.8, 4) is 0 Å². The first-order valence-electron chi connectivity index (χ1n) is 6.97. The molecule has 104 valence electrons. The Kier molecular flexibility index (Phi) is 6.36. The molecule has 1 aromatic heterocycles. The zero-order valence-corrected chi connectivity index (χ0v) is 12.1. The lowest BCUT2D eigenvalue weighted by Crippen LogP contribution is -2.32. The van der Waals surface area contributed by atoms with Gasteiger partial charge in [0.15, 0.2) is 0 Å². The van der Waals surface area contributed by atoms with Crippen LogP contribution in [0.5, 0.6) is 0 Å². The third kappa shape index (κ3) is 4.42. The van der Waals surface area contributed by atoms with Crippen molar-refractivity contribution in [2.75, 3.05) is 13.2 Å². The fourth-order valence-electron chi connectivity index (χ4n) is 1.90. The van der Waals surface area contributed by atoms with Gasteiger partial charge in [-0.05, 0) is 39.7 Å². The van der Waals surface area contributed by atoms with Crippen molar-refractivity contribution >= 4 is 0 Å². The van der Waals surface area contributed by atoms with Crippen LogP contribution in [-0.4, -0.2) is 39.0 Å². The van der Waals surface area contributed by atoms with E-state index in [1.54, 1.807) is 0 Å². The lowest BCUT2D eigenvalue weighted by Gasteiger charge is -2.25. The summed E-state index contributed by atoms with van der Waals surface area (Å²) in [5.41, 5.74) is 1.11. The average Bonchev–Trinajstić information content (AvgIpc) is 2.81. The molecular formula is C14H27N3O. The molecule has 4 nitrogen and oxygen atoms in total. The Hall–Kier alpha value is -0.870. The van der Waals surface area contributed by atoms with Crippen molar-refractivity contribution in [3.63, 3.8) is 0 Å². The number of nitrogens with zero attached hydrogens (tertiary/aromatic N) is 3. The smallest absolute Gasteiger partial charge is 0.0764 e. The van der Waals surface area contributed by atoms with Crippen molar-refractivity contribution in [2.45, 2.75) is 59.2 Å². The quantitative estimate of drug-likeness (QED) is 0.773. The van der Waals surface area contributed by atoms with Gasteiger partial charge in [-0.2, -0.15) is 5.10 Å². The van der Waals surface area contributed by atoms with Crippen molar-refractivity contribution < 1.29 is 5.11 Å². The number of aliphatic hydroxyl groups is 1. The van der Waals surface area contributed by atoms with Crippen LogP contribution < -0.4 is 0 Å². The zero-order valence-electron chi connectivity index (χ0n) is 12.1. The summed E-state index contributed by atoms with van der Waals surface area (Å²) in [7, 11) is 0. The highest BCUT2D eigenvalue weighted by Gasteiger charge is 2.12. The first-order valence-corrected chi connectivity index (χ1v) is 6.97. The second-order valence-corrected chi connectivity index (χ2v) is 5.19. The van der Waals surface area contributed by atoms with Crippen LogP contribution in [0.15, 0.2) is 12.3 Å². The Morgan fingerprint density at radius 1 is 1.39 bits per heavy atom. The van der Waals surface area contributed by atoms with Gasteiger partial charge in [-0.3, -0.25) is 9.58 Å². The van der Waals surface area contributed by atoms with Gasteiger partial charge in [-0.25, -0.2) is 0 Å². The highest BCUT2D eigenvalue weighted by Crippen LogP contribution is 2.12. The summed E-state index contributed by atoms with van der Waals surface area (Å²) >= 11 is 0. The summed E-state index contributed by atoms with van der Waals surface area (Å²) < 4.78 is 2.04. The van der Waals surface area contributed by atoms with Gasteiger partial charge in [-0.15, -0.1) is 0 Å². The Morgan fingerprint density at radius 3 is 2.67 bits per heavy atom. The Morgan fingerprint density at radius 2 is 2.11 bits per heavy atom. The van der Waals surface area contributed by atoms with Crippen LogP contribution in [0.3, 0.4) is 0 Å². The molecule has 0 saturated heterocycles. The molecule has 1 atom stereocenters. The van der Waals surface area contributed by atoms with E-state index in [1.807, 2.05) is 4.68 Å². The maximum atomic E-state index is 8.93. The summed E-state index contributed by atoms with van der Waals surface area (Å²) in [4.78, 5) is 2.35. The number of aromatic nitrogens is 2. The van der Waals surface area contributed by atoms with Crippen LogP contribution in [0.2, 0.25) is 0 Å². The van der Waals surface area contributed by atoms with E-state index in [9.17, 15) is 0 Å². The SMILES string of the molecule is CCC(C)n1ccc(CN(CCCO)C(C)C)n1. The summed E-state index contributed by atoms with van der Waals surface area (Å²) in [6, 6.07) is 3.04. The molecule has 0 amide bonds. The van der Waals surface area contributed by atoms with Gasteiger partial charge in [-0.1, -0.05) is 6.92 Å². The van der Waals surface area contributed by atoms with E-state index in [1.165, 1.54) is 0 Å². The fourth-order valence-corrected chi connectivity index (χ4v) is 1.90. The minimum Gasteiger partial charge on any atom is -0.396 e. The van der Waals surface area contributed by atoms with Gasteiger partial charge in [0.25, 0.3) is 0 Å². The van der Waals surface area contributed by atoms with Gasteiger partial charge in [0.05, 0.1) is 5.69 Å². The van der Waals surface area contributed by atoms with Crippen molar-refractivity contribution in [1.82, 2.24) is 14.7 Å². The first kappa shape index (κ1) is 15.2. The third-order valence-electron chi connectivity index (χ3n) is 3.40. The molecule has 1 heterocycles. The second kappa shape index (κ2) is 7.54. The number of hydrogen-bond acceptors (Lipinski definition) is 3. The van der Waals surface area contributed by atoms with E-state index in [0.29, 0.717) is 12.1 Å². The largest absolute Gasteiger partial charge is 0.396 e. The van der Waals surface area contributed by atoms with Gasteiger partial charge in [0.1, 0.15) is 0 Å². The standard InChI is InChI=1S/C14H27N3O/c1-5-13(4)17-9-7-14(15-17)11-16(12(2)3)8-6-10-18/h7,9,12-13,18H,5-6,8,10-11H2,1-4H3. The lowest BCUT2D eigenvalue weighted by atomic mass is 10.2. The first-order chi connectivity index (χ1) is 8.58. The predicted octanol–water partition coefficient (Wildman–Crippen LogP) is 2.45. The summed E-state index contributed by atoms with van der Waals surface area (Å²) in [5.74, 6) is 0. The Balaban J connectivity index is 2.60. The molecule has 0 radical (unpaired) electrons. The van der Waals surface area contributed by atoms with E-state index < -0.39 is 0 Å². The molecule has 0 spiro atoms. The third-order valence-corrected chi connectivity index (χ3v) is 3.40. The summed E-state index contributed by atoms with van der Waals surface area (Å²) in [5, 5.41) is 13.5. The molecule has 1 rings (SSSR count). The van der Waals surface area contributed by atoms with Crippen molar-refractivity contribution in [1.29, 1.82) is 0 Å². The lowest BCUT2D eigenvalue weighted by molar-refractivity contribution is 0.182. The molecule has 0 saturated carbocycles. The van der Waals surface area contributed by atoms with E-state index in [-0.39, 0.29) is 6.61 Å². The highest BCUT2D eigenvalue weighted by molar-refractivity contribution is 4.99. The van der Waals surface area contributed by atoms with Crippen LogP contribution in [0, 0.1) is 0 Å². The van der Waals surface area contributed by atoms with E-state index in [0.717, 1.165) is 31.6 Å². The van der Waals surface area contributed by atoms with Gasteiger partial charge in [0.2, 0.25) is 0 Å². The number of rotatable bonds is 8. The molecule has 0 aliphatic heterocycles. The minimum atomic E-state index is 0.254. The van der Waals surface area contributed by atoms with Crippen LogP contribution in [-0.2, 0) is 6.54 Å². The Labute approximate surface area is 111 Å². The molecule has 0 aliphatic rings. The van der Waals surface area contributed by atoms with Crippen LogP contribution in [0.1, 0.15) is 52.3 Å². The van der Waals surface area contributed by atoms with E-state index >= 15 is 0 Å². The molecule has 0 bridgehead atoms. The predicted molar refractivity (Wildman–Crippen MR) is 74.5 cm³/mol.